The molecule has 11 nitrogen and oxygen atoms in total. The predicted molar refractivity (Wildman–Crippen MR) is 186 cm³/mol. The molecule has 1 saturated carbocycles. The summed E-state index contributed by atoms with van der Waals surface area (Å²) >= 11 is 0. The Kier molecular flexibility index (Phi) is 7.55. The van der Waals surface area contributed by atoms with Crippen molar-refractivity contribution in [2.45, 2.75) is 83.8 Å². The van der Waals surface area contributed by atoms with Crippen LogP contribution in [0.4, 0.5) is 11.6 Å². The van der Waals surface area contributed by atoms with Crippen molar-refractivity contribution in [3.8, 4) is 11.4 Å². The van der Waals surface area contributed by atoms with Gasteiger partial charge in [0.2, 0.25) is 0 Å². The van der Waals surface area contributed by atoms with Crippen molar-refractivity contribution in [3.05, 3.63) is 76.2 Å². The number of fused-ring (bicyclic) bond motifs is 2. The topological polar surface area (TPSA) is 111 Å². The summed E-state index contributed by atoms with van der Waals surface area (Å²) in [5.41, 5.74) is 7.28. The Bertz CT molecular complexity index is 2150. The third-order valence-electron chi connectivity index (χ3n) is 10.0. The summed E-state index contributed by atoms with van der Waals surface area (Å²) in [7, 11) is -3.93. The van der Waals surface area contributed by atoms with Gasteiger partial charge in [0.15, 0.2) is 5.82 Å². The number of aryl methyl sites for hydroxylation is 4. The van der Waals surface area contributed by atoms with Gasteiger partial charge in [-0.05, 0) is 71.2 Å². The molecule has 1 aliphatic carbocycles. The van der Waals surface area contributed by atoms with E-state index in [1.165, 1.54) is 22.6 Å². The fourth-order valence-corrected chi connectivity index (χ4v) is 8.54. The summed E-state index contributed by atoms with van der Waals surface area (Å²) in [5, 5.41) is 10.3. The number of aromatic nitrogens is 6. The van der Waals surface area contributed by atoms with Gasteiger partial charge in [0.1, 0.15) is 11.6 Å². The van der Waals surface area contributed by atoms with Crippen LogP contribution in [0.1, 0.15) is 66.4 Å². The van der Waals surface area contributed by atoms with Crippen LogP contribution in [-0.4, -0.2) is 69.7 Å². The number of morpholine rings is 1. The van der Waals surface area contributed by atoms with E-state index in [9.17, 15) is 8.42 Å². The first-order chi connectivity index (χ1) is 23.1. The molecular formula is C36H42N8O3S. The minimum Gasteiger partial charge on any atom is -0.377 e. The molecule has 5 heterocycles. The van der Waals surface area contributed by atoms with Gasteiger partial charge in [-0.15, -0.1) is 0 Å². The van der Waals surface area contributed by atoms with Crippen LogP contribution in [0.25, 0.3) is 22.3 Å². The van der Waals surface area contributed by atoms with E-state index >= 15 is 0 Å². The van der Waals surface area contributed by atoms with Crippen molar-refractivity contribution in [2.75, 3.05) is 36.1 Å². The Balaban J connectivity index is 1.26. The van der Waals surface area contributed by atoms with Crippen molar-refractivity contribution in [1.29, 1.82) is 0 Å². The zero-order valence-electron chi connectivity index (χ0n) is 28.3. The maximum Gasteiger partial charge on any atom is 0.283 e. The fraction of sp³-hybridized carbons (Fsp3) is 0.444. The van der Waals surface area contributed by atoms with Crippen molar-refractivity contribution < 1.29 is 13.2 Å². The van der Waals surface area contributed by atoms with E-state index in [0.717, 1.165) is 71.0 Å². The molecule has 0 spiro atoms. The highest BCUT2D eigenvalue weighted by molar-refractivity contribution is 7.90. The maximum atomic E-state index is 13.9. The normalized spacial score (nSPS) is 18.5. The molecule has 0 bridgehead atoms. The molecule has 0 amide bonds. The highest BCUT2D eigenvalue weighted by atomic mass is 32.2. The smallest absolute Gasteiger partial charge is 0.283 e. The molecule has 12 heteroatoms. The van der Waals surface area contributed by atoms with Gasteiger partial charge in [-0.2, -0.15) is 22.7 Å². The summed E-state index contributed by atoms with van der Waals surface area (Å²) in [6.07, 6.45) is 3.21. The zero-order chi connectivity index (χ0) is 33.3. The Morgan fingerprint density at radius 1 is 0.979 bits per heavy atom. The molecule has 3 aromatic heterocycles. The molecule has 0 unspecified atom stereocenters. The molecule has 0 N–H and O–H groups in total. The Morgan fingerprint density at radius 2 is 1.77 bits per heavy atom. The van der Waals surface area contributed by atoms with Crippen LogP contribution >= 0.6 is 0 Å². The van der Waals surface area contributed by atoms with Gasteiger partial charge in [-0.1, -0.05) is 23.8 Å². The van der Waals surface area contributed by atoms with Crippen LogP contribution in [0.3, 0.4) is 0 Å². The monoisotopic (exact) mass is 666 g/mol. The van der Waals surface area contributed by atoms with Gasteiger partial charge in [0.05, 0.1) is 46.7 Å². The zero-order valence-corrected chi connectivity index (χ0v) is 29.1. The SMILES string of the molecule is CCn1nc(C2CC2)cc1N1CCc2nc(-c3c(C)ccc4c3c(C)nn4S(=O)(=O)c3ccc(C)cc3)nc(N3CCOC[C@H]3C)c2C1. The number of hydrogen-bond donors (Lipinski definition) is 0. The summed E-state index contributed by atoms with van der Waals surface area (Å²) in [6, 6.07) is 13.1. The second-order valence-corrected chi connectivity index (χ2v) is 15.3. The van der Waals surface area contributed by atoms with Crippen molar-refractivity contribution in [3.63, 3.8) is 0 Å². The van der Waals surface area contributed by atoms with Crippen LogP contribution in [0, 0.1) is 20.8 Å². The molecule has 5 aromatic rings. The quantitative estimate of drug-likeness (QED) is 0.221. The molecule has 48 heavy (non-hydrogen) atoms. The third kappa shape index (κ3) is 5.16. The summed E-state index contributed by atoms with van der Waals surface area (Å²) in [6.45, 7) is 14.5. The molecular weight excluding hydrogens is 625 g/mol. The molecule has 2 aromatic carbocycles. The van der Waals surface area contributed by atoms with Crippen LogP contribution < -0.4 is 9.80 Å². The number of rotatable bonds is 7. The van der Waals surface area contributed by atoms with Gasteiger partial charge in [0.25, 0.3) is 10.0 Å². The average Bonchev–Trinajstić information content (AvgIpc) is 3.75. The third-order valence-corrected chi connectivity index (χ3v) is 11.6. The molecule has 8 rings (SSSR count). The van der Waals surface area contributed by atoms with E-state index in [1.54, 1.807) is 24.3 Å². The van der Waals surface area contributed by atoms with E-state index in [2.05, 4.69) is 39.5 Å². The van der Waals surface area contributed by atoms with E-state index < -0.39 is 10.0 Å². The largest absolute Gasteiger partial charge is 0.377 e. The van der Waals surface area contributed by atoms with E-state index in [0.29, 0.717) is 42.7 Å². The maximum absolute atomic E-state index is 13.9. The lowest BCUT2D eigenvalue weighted by Gasteiger charge is -2.38. The molecule has 2 fully saturated rings. The van der Waals surface area contributed by atoms with E-state index in [-0.39, 0.29) is 10.9 Å². The second kappa shape index (κ2) is 11.7. The highest BCUT2D eigenvalue weighted by Gasteiger charge is 2.33. The minimum atomic E-state index is -3.93. The van der Waals surface area contributed by atoms with Crippen LogP contribution in [0.5, 0.6) is 0 Å². The highest BCUT2D eigenvalue weighted by Crippen LogP contribution is 2.42. The Hall–Kier alpha value is -4.29. The van der Waals surface area contributed by atoms with Crippen LogP contribution in [-0.2, 0) is 34.3 Å². The van der Waals surface area contributed by atoms with Gasteiger partial charge < -0.3 is 14.5 Å². The second-order valence-electron chi connectivity index (χ2n) is 13.5. The number of anilines is 2. The fourth-order valence-electron chi connectivity index (χ4n) is 7.22. The van der Waals surface area contributed by atoms with Crippen LogP contribution in [0.2, 0.25) is 0 Å². The number of hydrogen-bond acceptors (Lipinski definition) is 9. The molecule has 1 saturated heterocycles. The first-order valence-electron chi connectivity index (χ1n) is 17.0. The number of benzene rings is 2. The van der Waals surface area contributed by atoms with Crippen molar-refractivity contribution in [1.82, 2.24) is 28.9 Å². The first kappa shape index (κ1) is 31.0. The lowest BCUT2D eigenvalue weighted by Crippen LogP contribution is -2.45. The van der Waals surface area contributed by atoms with Crippen molar-refractivity contribution in [2.24, 2.45) is 0 Å². The molecule has 3 aliphatic rings. The molecule has 2 aliphatic heterocycles. The van der Waals surface area contributed by atoms with Crippen molar-refractivity contribution >= 4 is 32.6 Å². The van der Waals surface area contributed by atoms with Gasteiger partial charge in [-0.3, -0.25) is 0 Å². The summed E-state index contributed by atoms with van der Waals surface area (Å²) in [4.78, 5) is 15.6. The number of nitrogens with zero attached hydrogens (tertiary/aromatic N) is 8. The molecule has 0 radical (unpaired) electrons. The van der Waals surface area contributed by atoms with E-state index in [1.807, 2.05) is 32.9 Å². The minimum absolute atomic E-state index is 0.143. The standard InChI is InChI=1S/C36H42N8O3S/c1-6-43-32(19-30(40-43)26-10-11-26)41-16-15-29-28(20-41)36(42-17-18-47-21-24(42)4)38-35(37-29)33-23(3)9-14-31-34(33)25(5)39-44(31)48(45,46)27-12-7-22(2)8-13-27/h7-9,12-14,19,24,26H,6,10-11,15-18,20-21H2,1-5H3/t24-/m1/s1. The molecule has 1 atom stereocenters. The predicted octanol–water partition coefficient (Wildman–Crippen LogP) is 5.54. The summed E-state index contributed by atoms with van der Waals surface area (Å²) in [5.74, 6) is 3.28. The lowest BCUT2D eigenvalue weighted by atomic mass is 9.99. The van der Waals surface area contributed by atoms with Crippen LogP contribution in [0.15, 0.2) is 47.4 Å². The Morgan fingerprint density at radius 3 is 2.50 bits per heavy atom. The van der Waals surface area contributed by atoms with Gasteiger partial charge in [0, 0.05) is 61.1 Å². The average molecular weight is 667 g/mol. The van der Waals surface area contributed by atoms with Gasteiger partial charge in [-0.25, -0.2) is 14.6 Å². The summed E-state index contributed by atoms with van der Waals surface area (Å²) < 4.78 is 36.9. The van der Waals surface area contributed by atoms with Gasteiger partial charge >= 0.3 is 0 Å². The van der Waals surface area contributed by atoms with E-state index in [4.69, 9.17) is 19.8 Å². The molecule has 250 valence electrons. The Labute approximate surface area is 281 Å². The lowest BCUT2D eigenvalue weighted by molar-refractivity contribution is 0.0984. The first-order valence-corrected chi connectivity index (χ1v) is 18.5. The number of ether oxygens (including phenoxy) is 1.